The standard InChI is InChI=1S/C40H32/c1-2-12-31-26-32(25-22-27(31)10-1)28-20-23-30(24-21-28)39-35-15-5-7-17-37(35)40(38-18-8-6-16-36(38)39)34-19-9-13-29-11-3-4-14-33(29)34/h1-2,5,7,9-20,22-23,25-26H,3-4,6,8,21,24H2. The molecule has 0 heterocycles. The van der Waals surface area contributed by atoms with Crippen LogP contribution in [0.3, 0.4) is 0 Å². The van der Waals surface area contributed by atoms with Gasteiger partial charge >= 0.3 is 0 Å². The largest absolute Gasteiger partial charge is 0.0763 e. The minimum atomic E-state index is 1.06. The van der Waals surface area contributed by atoms with Crippen molar-refractivity contribution in [1.29, 1.82) is 0 Å². The van der Waals surface area contributed by atoms with Gasteiger partial charge in [-0.3, -0.25) is 0 Å². The molecule has 0 spiro atoms. The molecule has 40 heavy (non-hydrogen) atoms. The maximum absolute atomic E-state index is 2.51. The summed E-state index contributed by atoms with van der Waals surface area (Å²) in [6.07, 6.45) is 21.3. The molecule has 0 bridgehead atoms. The molecule has 0 radical (unpaired) electrons. The minimum Gasteiger partial charge on any atom is -0.0763 e. The molecule has 3 aliphatic rings. The molecule has 0 heteroatoms. The first-order chi connectivity index (χ1) is 19.8. The predicted molar refractivity (Wildman–Crippen MR) is 173 cm³/mol. The summed E-state index contributed by atoms with van der Waals surface area (Å²) < 4.78 is 0. The lowest BCUT2D eigenvalue weighted by Crippen LogP contribution is -2.36. The fourth-order valence-corrected chi connectivity index (χ4v) is 7.14. The van der Waals surface area contributed by atoms with E-state index in [1.807, 2.05) is 0 Å². The Morgan fingerprint density at radius 3 is 1.90 bits per heavy atom. The van der Waals surface area contributed by atoms with Gasteiger partial charge in [0.15, 0.2) is 0 Å². The normalized spacial score (nSPS) is 16.0. The van der Waals surface area contributed by atoms with Crippen LogP contribution in [0.5, 0.6) is 0 Å². The molecule has 0 N–H and O–H groups in total. The summed E-state index contributed by atoms with van der Waals surface area (Å²) >= 11 is 0. The second-order valence-electron chi connectivity index (χ2n) is 11.3. The molecule has 0 unspecified atom stereocenters. The third-order valence-electron chi connectivity index (χ3n) is 9.04. The zero-order valence-corrected chi connectivity index (χ0v) is 22.8. The quantitative estimate of drug-likeness (QED) is 0.233. The zero-order chi connectivity index (χ0) is 26.5. The van der Waals surface area contributed by atoms with Gasteiger partial charge in [-0.2, -0.15) is 0 Å². The van der Waals surface area contributed by atoms with E-state index in [0.717, 1.165) is 38.5 Å². The Balaban J connectivity index is 1.35. The summed E-state index contributed by atoms with van der Waals surface area (Å²) in [7, 11) is 0. The number of hydrogen-bond donors (Lipinski definition) is 0. The zero-order valence-electron chi connectivity index (χ0n) is 22.8. The van der Waals surface area contributed by atoms with E-state index in [1.165, 1.54) is 75.8 Å². The van der Waals surface area contributed by atoms with Gasteiger partial charge in [0.2, 0.25) is 0 Å². The van der Waals surface area contributed by atoms with Crippen molar-refractivity contribution in [2.45, 2.75) is 38.5 Å². The number of rotatable bonds is 3. The van der Waals surface area contributed by atoms with Crippen molar-refractivity contribution in [3.63, 3.8) is 0 Å². The van der Waals surface area contributed by atoms with Gasteiger partial charge in [-0.25, -0.2) is 0 Å². The molecule has 5 aromatic carbocycles. The molecule has 0 nitrogen and oxygen atoms in total. The Labute approximate surface area is 235 Å². The van der Waals surface area contributed by atoms with Gasteiger partial charge in [0, 0.05) is 0 Å². The van der Waals surface area contributed by atoms with Gasteiger partial charge in [0.1, 0.15) is 0 Å². The number of hydrogen-bond acceptors (Lipinski definition) is 0. The summed E-state index contributed by atoms with van der Waals surface area (Å²) in [5, 5.41) is 11.0. The van der Waals surface area contributed by atoms with Crippen LogP contribution in [0, 0.1) is 0 Å². The van der Waals surface area contributed by atoms with Crippen molar-refractivity contribution in [2.75, 3.05) is 0 Å². The Hall–Kier alpha value is -4.42. The maximum Gasteiger partial charge on any atom is -0.00236 e. The highest BCUT2D eigenvalue weighted by atomic mass is 14.2. The molecule has 0 amide bonds. The molecule has 0 fully saturated rings. The van der Waals surface area contributed by atoms with E-state index >= 15 is 0 Å². The van der Waals surface area contributed by atoms with Crippen LogP contribution in [0.25, 0.3) is 68.1 Å². The number of fused-ring (bicyclic) bond motifs is 4. The van der Waals surface area contributed by atoms with Crippen LogP contribution in [0.15, 0.2) is 97.1 Å². The third kappa shape index (κ3) is 3.82. The van der Waals surface area contributed by atoms with Gasteiger partial charge in [0.25, 0.3) is 0 Å². The molecule has 192 valence electrons. The Morgan fingerprint density at radius 2 is 1.10 bits per heavy atom. The lowest BCUT2D eigenvalue weighted by Gasteiger charge is -2.22. The van der Waals surface area contributed by atoms with E-state index in [9.17, 15) is 0 Å². The molecule has 0 aliphatic heterocycles. The molecule has 3 aliphatic carbocycles. The summed E-state index contributed by atoms with van der Waals surface area (Å²) in [6.45, 7) is 0. The molecule has 0 atom stereocenters. The average molecular weight is 513 g/mol. The fourth-order valence-electron chi connectivity index (χ4n) is 7.14. The first kappa shape index (κ1) is 23.5. The van der Waals surface area contributed by atoms with Crippen LogP contribution < -0.4 is 20.9 Å². The van der Waals surface area contributed by atoms with Gasteiger partial charge in [0.05, 0.1) is 0 Å². The highest BCUT2D eigenvalue weighted by Gasteiger charge is 2.19. The van der Waals surface area contributed by atoms with E-state index in [1.54, 1.807) is 0 Å². The Kier molecular flexibility index (Phi) is 5.66. The highest BCUT2D eigenvalue weighted by Crippen LogP contribution is 2.36. The number of benzene rings is 5. The number of allylic oxidation sites excluding steroid dienone is 4. The van der Waals surface area contributed by atoms with Gasteiger partial charge in [-0.05, 0) is 120 Å². The SMILES string of the molecule is C1=C(c2ccc3ccccc3c2)CCC(c2c3c(c(-c4cccc5c4=CCCC=5)c4ccccc24)=CCCC=3)=C1. The van der Waals surface area contributed by atoms with Crippen LogP contribution >= 0.6 is 0 Å². The average Bonchev–Trinajstić information content (AvgIpc) is 3.03. The topological polar surface area (TPSA) is 0 Å². The Bertz CT molecular complexity index is 2150. The third-order valence-corrected chi connectivity index (χ3v) is 9.04. The molecule has 0 aromatic heterocycles. The van der Waals surface area contributed by atoms with Gasteiger partial charge in [-0.15, -0.1) is 0 Å². The second-order valence-corrected chi connectivity index (χ2v) is 11.3. The second kappa shape index (κ2) is 9.65. The van der Waals surface area contributed by atoms with E-state index in [4.69, 9.17) is 0 Å². The predicted octanol–water partition coefficient (Wildman–Crippen LogP) is 7.63. The van der Waals surface area contributed by atoms with Crippen LogP contribution in [0.4, 0.5) is 0 Å². The van der Waals surface area contributed by atoms with Gasteiger partial charge in [-0.1, -0.05) is 115 Å². The Morgan fingerprint density at radius 1 is 0.450 bits per heavy atom. The summed E-state index contributed by atoms with van der Waals surface area (Å²) in [5.41, 5.74) is 8.48. The maximum atomic E-state index is 2.51. The van der Waals surface area contributed by atoms with E-state index in [0.29, 0.717) is 0 Å². The first-order valence-corrected chi connectivity index (χ1v) is 14.8. The smallest absolute Gasteiger partial charge is 0.00236 e. The van der Waals surface area contributed by atoms with E-state index in [2.05, 4.69) is 121 Å². The van der Waals surface area contributed by atoms with Crippen molar-refractivity contribution in [3.05, 3.63) is 129 Å². The molecular weight excluding hydrogens is 480 g/mol. The molecule has 0 saturated carbocycles. The van der Waals surface area contributed by atoms with Crippen molar-refractivity contribution >= 4 is 57.0 Å². The van der Waals surface area contributed by atoms with E-state index in [-0.39, 0.29) is 0 Å². The lowest BCUT2D eigenvalue weighted by molar-refractivity contribution is 1.07. The van der Waals surface area contributed by atoms with Crippen LogP contribution in [-0.2, 0) is 0 Å². The van der Waals surface area contributed by atoms with Crippen molar-refractivity contribution in [3.8, 4) is 11.1 Å². The van der Waals surface area contributed by atoms with Crippen LogP contribution in [-0.4, -0.2) is 0 Å². The molecule has 0 saturated heterocycles. The van der Waals surface area contributed by atoms with Crippen molar-refractivity contribution in [1.82, 2.24) is 0 Å². The summed E-state index contributed by atoms with van der Waals surface area (Å²) in [6, 6.07) is 31.6. The minimum absolute atomic E-state index is 1.06. The monoisotopic (exact) mass is 512 g/mol. The lowest BCUT2D eigenvalue weighted by atomic mass is 9.82. The van der Waals surface area contributed by atoms with Crippen LogP contribution in [0.2, 0.25) is 0 Å². The molecule has 5 aromatic rings. The van der Waals surface area contributed by atoms with E-state index < -0.39 is 0 Å². The highest BCUT2D eigenvalue weighted by molar-refractivity contribution is 6.04. The fraction of sp³-hybridized carbons (Fsp3) is 0.150. The van der Waals surface area contributed by atoms with Gasteiger partial charge < -0.3 is 0 Å². The van der Waals surface area contributed by atoms with Crippen molar-refractivity contribution in [2.24, 2.45) is 0 Å². The van der Waals surface area contributed by atoms with Crippen LogP contribution in [0.1, 0.15) is 49.7 Å². The summed E-state index contributed by atoms with van der Waals surface area (Å²) in [4.78, 5) is 0. The first-order valence-electron chi connectivity index (χ1n) is 14.8. The molecular formula is C40H32. The molecule has 8 rings (SSSR count). The van der Waals surface area contributed by atoms with Crippen molar-refractivity contribution < 1.29 is 0 Å². The summed E-state index contributed by atoms with van der Waals surface area (Å²) in [5.74, 6) is 0.